The Hall–Kier alpha value is -3.48. The van der Waals surface area contributed by atoms with Gasteiger partial charge in [-0.2, -0.15) is 5.10 Å². The molecule has 4 aromatic rings. The van der Waals surface area contributed by atoms with Crippen molar-refractivity contribution in [3.63, 3.8) is 0 Å². The Morgan fingerprint density at radius 2 is 1.81 bits per heavy atom. The quantitative estimate of drug-likeness (QED) is 0.475. The molecule has 1 aliphatic heterocycles. The molecule has 2 aromatic carbocycles. The highest BCUT2D eigenvalue weighted by Crippen LogP contribution is 2.36. The van der Waals surface area contributed by atoms with Crippen LogP contribution in [0.5, 0.6) is 0 Å². The van der Waals surface area contributed by atoms with Gasteiger partial charge in [-0.1, -0.05) is 6.07 Å². The Labute approximate surface area is 185 Å². The average Bonchev–Trinajstić information content (AvgIpc) is 3.19. The predicted molar refractivity (Wildman–Crippen MR) is 118 cm³/mol. The maximum atomic E-state index is 15.2. The maximum absolute atomic E-state index is 15.2. The van der Waals surface area contributed by atoms with E-state index in [4.69, 9.17) is 15.7 Å². The van der Waals surface area contributed by atoms with Gasteiger partial charge in [0.25, 0.3) is 5.91 Å². The fraction of sp³-hybridized carbons (Fsp3) is 0.174. The number of carbonyl (C=O) groups excluding carboxylic acids is 1. The molecule has 5 rings (SSSR count). The molecule has 32 heavy (non-hydrogen) atoms. The van der Waals surface area contributed by atoms with E-state index >= 15 is 8.78 Å². The van der Waals surface area contributed by atoms with Crippen molar-refractivity contribution in [2.45, 2.75) is 18.8 Å². The summed E-state index contributed by atoms with van der Waals surface area (Å²) in [5.41, 5.74) is 2.77. The summed E-state index contributed by atoms with van der Waals surface area (Å²) in [6, 6.07) is 9.38. The normalized spacial score (nSPS) is 14.9. The van der Waals surface area contributed by atoms with Crippen molar-refractivity contribution in [2.75, 3.05) is 0 Å². The van der Waals surface area contributed by atoms with Gasteiger partial charge in [0.05, 0.1) is 39.0 Å². The summed E-state index contributed by atoms with van der Waals surface area (Å²) >= 11 is 0. The zero-order valence-corrected chi connectivity index (χ0v) is 17.4. The Morgan fingerprint density at radius 3 is 2.50 bits per heavy atom. The highest BCUT2D eigenvalue weighted by molar-refractivity contribution is 6.42. The summed E-state index contributed by atoms with van der Waals surface area (Å²) in [5, 5.41) is 3.39. The molecular formula is C23H16B2F2N4O. The fourth-order valence-electron chi connectivity index (χ4n) is 4.23. The molecule has 0 saturated carbocycles. The number of nitrogens with zero attached hydrogens (tertiary/aromatic N) is 4. The number of aromatic nitrogens is 3. The number of pyridine rings is 1. The monoisotopic (exact) mass is 424 g/mol. The first-order valence-electron chi connectivity index (χ1n) is 9.94. The van der Waals surface area contributed by atoms with Crippen LogP contribution in [0.3, 0.4) is 0 Å². The van der Waals surface area contributed by atoms with Gasteiger partial charge in [0.2, 0.25) is 0 Å². The predicted octanol–water partition coefficient (Wildman–Crippen LogP) is 3.33. The summed E-state index contributed by atoms with van der Waals surface area (Å²) < 4.78 is 32.0. The number of halogens is 2. The van der Waals surface area contributed by atoms with Gasteiger partial charge in [0.1, 0.15) is 11.6 Å². The van der Waals surface area contributed by atoms with E-state index in [1.165, 1.54) is 24.4 Å². The van der Waals surface area contributed by atoms with Crippen LogP contribution >= 0.6 is 0 Å². The van der Waals surface area contributed by atoms with Crippen molar-refractivity contribution < 1.29 is 13.6 Å². The fourth-order valence-corrected chi connectivity index (χ4v) is 4.23. The van der Waals surface area contributed by atoms with Crippen molar-refractivity contribution in [3.8, 4) is 11.1 Å². The standard InChI is InChI=1S/C23H16B2F2N4O/c1-12-6-15(16-10-30(2)29-20(16)7-12)13-8-18(26)17(19(27)9-13)11-31-22(32)14-4-3-5-28-21(14)23(31,24)25/h3-10H,11H2,1-2H3. The molecule has 0 spiro atoms. The van der Waals surface area contributed by atoms with Crippen LogP contribution in [0.1, 0.15) is 27.2 Å². The van der Waals surface area contributed by atoms with E-state index in [2.05, 4.69) is 10.1 Å². The highest BCUT2D eigenvalue weighted by atomic mass is 19.1. The Bertz CT molecular complexity index is 1390. The molecular weight excluding hydrogens is 408 g/mol. The lowest BCUT2D eigenvalue weighted by atomic mass is 9.59. The summed E-state index contributed by atoms with van der Waals surface area (Å²) in [5.74, 6) is -2.13. The minimum absolute atomic E-state index is 0.168. The molecule has 0 unspecified atom stereocenters. The van der Waals surface area contributed by atoms with E-state index in [0.717, 1.165) is 21.4 Å². The number of hydrogen-bond donors (Lipinski definition) is 0. The van der Waals surface area contributed by atoms with Crippen molar-refractivity contribution in [2.24, 2.45) is 7.05 Å². The maximum Gasteiger partial charge on any atom is 0.255 e. The van der Waals surface area contributed by atoms with Gasteiger partial charge in [-0.15, -0.1) is 0 Å². The van der Waals surface area contributed by atoms with Crippen molar-refractivity contribution in [3.05, 3.63) is 82.8 Å². The second-order valence-electron chi connectivity index (χ2n) is 8.08. The number of benzene rings is 2. The SMILES string of the molecule is [B]C1([B])c2ncccc2C(=O)N1Cc1c(F)cc(-c2cc(C)cc3nn(C)cc23)cc1F. The molecule has 5 nitrogen and oxygen atoms in total. The number of fused-ring (bicyclic) bond motifs is 2. The van der Waals surface area contributed by atoms with Crippen LogP contribution in [0.25, 0.3) is 22.0 Å². The molecule has 4 radical (unpaired) electrons. The van der Waals surface area contributed by atoms with Crippen LogP contribution in [-0.2, 0) is 18.9 Å². The summed E-state index contributed by atoms with van der Waals surface area (Å²) in [4.78, 5) is 17.9. The van der Waals surface area contributed by atoms with Crippen molar-refractivity contribution in [1.29, 1.82) is 0 Å². The van der Waals surface area contributed by atoms with Gasteiger partial charge in [0.15, 0.2) is 0 Å². The minimum Gasteiger partial charge on any atom is -0.340 e. The van der Waals surface area contributed by atoms with E-state index in [-0.39, 0.29) is 16.8 Å². The van der Waals surface area contributed by atoms with Crippen LogP contribution in [0, 0.1) is 18.6 Å². The summed E-state index contributed by atoms with van der Waals surface area (Å²) in [6.07, 6.45) is 3.26. The zero-order chi connectivity index (χ0) is 22.8. The molecule has 0 saturated heterocycles. The molecule has 1 amide bonds. The lowest BCUT2D eigenvalue weighted by Crippen LogP contribution is -2.45. The highest BCUT2D eigenvalue weighted by Gasteiger charge is 2.43. The van der Waals surface area contributed by atoms with E-state index in [1.807, 2.05) is 19.1 Å². The third kappa shape index (κ3) is 3.03. The van der Waals surface area contributed by atoms with Crippen LogP contribution in [0.15, 0.2) is 48.8 Å². The van der Waals surface area contributed by atoms with Crippen molar-refractivity contribution in [1.82, 2.24) is 19.7 Å². The van der Waals surface area contributed by atoms with Gasteiger partial charge in [0, 0.05) is 35.7 Å². The van der Waals surface area contributed by atoms with E-state index < -0.39 is 29.4 Å². The number of amides is 1. The average molecular weight is 424 g/mol. The Kier molecular flexibility index (Phi) is 4.48. The van der Waals surface area contributed by atoms with Gasteiger partial charge in [-0.3, -0.25) is 14.5 Å². The third-order valence-electron chi connectivity index (χ3n) is 5.76. The van der Waals surface area contributed by atoms with Crippen LogP contribution in [0.4, 0.5) is 8.78 Å². The zero-order valence-electron chi connectivity index (χ0n) is 17.4. The molecule has 0 atom stereocenters. The smallest absolute Gasteiger partial charge is 0.255 e. The largest absolute Gasteiger partial charge is 0.340 e. The topological polar surface area (TPSA) is 51.0 Å². The van der Waals surface area contributed by atoms with Crippen LogP contribution < -0.4 is 0 Å². The van der Waals surface area contributed by atoms with E-state index in [1.54, 1.807) is 24.0 Å². The molecule has 0 N–H and O–H groups in total. The lowest BCUT2D eigenvalue weighted by Gasteiger charge is -2.33. The molecule has 154 valence electrons. The van der Waals surface area contributed by atoms with Crippen molar-refractivity contribution >= 4 is 32.5 Å². The third-order valence-corrected chi connectivity index (χ3v) is 5.76. The first-order chi connectivity index (χ1) is 15.2. The first-order valence-corrected chi connectivity index (χ1v) is 9.94. The number of hydrogen-bond acceptors (Lipinski definition) is 3. The Morgan fingerprint density at radius 1 is 1.09 bits per heavy atom. The van der Waals surface area contributed by atoms with Crippen LogP contribution in [-0.4, -0.2) is 41.3 Å². The second kappa shape index (κ2) is 7.02. The van der Waals surface area contributed by atoms with Gasteiger partial charge in [-0.25, -0.2) is 8.78 Å². The van der Waals surface area contributed by atoms with Crippen LogP contribution in [0.2, 0.25) is 0 Å². The molecule has 1 aliphatic rings. The molecule has 9 heteroatoms. The first kappa shape index (κ1) is 20.4. The molecule has 2 aromatic heterocycles. The van der Waals surface area contributed by atoms with Gasteiger partial charge >= 0.3 is 0 Å². The molecule has 0 fully saturated rings. The Balaban J connectivity index is 1.56. The minimum atomic E-state index is -1.77. The number of rotatable bonds is 3. The van der Waals surface area contributed by atoms with Gasteiger partial charge in [-0.05, 0) is 53.9 Å². The number of carbonyl (C=O) groups is 1. The molecule has 0 bridgehead atoms. The molecule has 0 aliphatic carbocycles. The van der Waals surface area contributed by atoms with E-state index in [9.17, 15) is 4.79 Å². The second-order valence-corrected chi connectivity index (χ2v) is 8.08. The molecule has 3 heterocycles. The van der Waals surface area contributed by atoms with Gasteiger partial charge < -0.3 is 4.90 Å². The number of aryl methyl sites for hydroxylation is 2. The van der Waals surface area contributed by atoms with E-state index in [0.29, 0.717) is 11.1 Å². The lowest BCUT2D eigenvalue weighted by molar-refractivity contribution is 0.0727. The summed E-state index contributed by atoms with van der Waals surface area (Å²) in [6.45, 7) is 1.46. The summed E-state index contributed by atoms with van der Waals surface area (Å²) in [7, 11) is 14.1.